The van der Waals surface area contributed by atoms with E-state index in [-0.39, 0.29) is 5.78 Å². The van der Waals surface area contributed by atoms with Crippen molar-refractivity contribution in [1.82, 2.24) is 4.98 Å². The third kappa shape index (κ3) is 2.13. The molecule has 0 N–H and O–H groups in total. The molecule has 3 nitrogen and oxygen atoms in total. The number of pyridine rings is 1. The van der Waals surface area contributed by atoms with Gasteiger partial charge in [-0.05, 0) is 38.8 Å². The normalized spacial score (nSPS) is 15.2. The number of ketones is 1. The first-order valence-electron chi connectivity index (χ1n) is 5.48. The number of allylic oxidation sites excluding steroid dienone is 1. The van der Waals surface area contributed by atoms with E-state index in [1.165, 1.54) is 0 Å². The minimum atomic E-state index is 0.0460. The number of carbonyl (C=O) groups is 1. The van der Waals surface area contributed by atoms with E-state index < -0.39 is 0 Å². The highest BCUT2D eigenvalue weighted by atomic mass is 16.5. The van der Waals surface area contributed by atoms with Crippen molar-refractivity contribution < 1.29 is 9.53 Å². The quantitative estimate of drug-likeness (QED) is 0.715. The van der Waals surface area contributed by atoms with E-state index in [0.717, 1.165) is 29.8 Å². The van der Waals surface area contributed by atoms with Crippen LogP contribution < -0.4 is 0 Å². The van der Waals surface area contributed by atoms with Crippen LogP contribution in [-0.2, 0) is 4.74 Å². The van der Waals surface area contributed by atoms with Crippen LogP contribution in [0.4, 0.5) is 0 Å². The zero-order chi connectivity index (χ0) is 11.5. The molecule has 0 unspecified atom stereocenters. The predicted molar refractivity (Wildman–Crippen MR) is 61.3 cm³/mol. The molecule has 0 radical (unpaired) electrons. The molecule has 16 heavy (non-hydrogen) atoms. The van der Waals surface area contributed by atoms with Crippen LogP contribution in [0, 0.1) is 13.8 Å². The highest BCUT2D eigenvalue weighted by Crippen LogP contribution is 2.19. The van der Waals surface area contributed by atoms with Crippen LogP contribution in [0.5, 0.6) is 0 Å². The molecule has 0 aliphatic carbocycles. The van der Waals surface area contributed by atoms with Crippen LogP contribution in [0.1, 0.15) is 34.6 Å². The summed E-state index contributed by atoms with van der Waals surface area (Å²) in [5.41, 5.74) is 3.15. The lowest BCUT2D eigenvalue weighted by Gasteiger charge is -2.13. The summed E-state index contributed by atoms with van der Waals surface area (Å²) in [7, 11) is 0. The Kier molecular flexibility index (Phi) is 3.04. The summed E-state index contributed by atoms with van der Waals surface area (Å²) in [6.45, 7) is 4.50. The highest BCUT2D eigenvalue weighted by molar-refractivity contribution is 6.09. The average Bonchev–Trinajstić information content (AvgIpc) is 2.29. The lowest BCUT2D eigenvalue weighted by atomic mass is 9.98. The molecule has 2 rings (SSSR count). The monoisotopic (exact) mass is 217 g/mol. The number of hydrogen-bond donors (Lipinski definition) is 0. The third-order valence-corrected chi connectivity index (χ3v) is 2.70. The molecule has 84 valence electrons. The Morgan fingerprint density at radius 3 is 2.81 bits per heavy atom. The van der Waals surface area contributed by atoms with Crippen molar-refractivity contribution in [3.63, 3.8) is 0 Å². The van der Waals surface area contributed by atoms with Crippen LogP contribution in [0.3, 0.4) is 0 Å². The lowest BCUT2D eigenvalue weighted by molar-refractivity contribution is 0.101. The van der Waals surface area contributed by atoms with E-state index in [1.807, 2.05) is 26.0 Å². The van der Waals surface area contributed by atoms with Crippen molar-refractivity contribution >= 4 is 5.78 Å². The number of aryl methyl sites for hydroxylation is 2. The van der Waals surface area contributed by atoms with Gasteiger partial charge in [0.05, 0.1) is 12.9 Å². The molecule has 0 bridgehead atoms. The standard InChI is InChI=1S/C13H15NO2/c1-9-5-6-12(10(2)14-9)13(15)11-4-3-7-16-8-11/h5-6,8H,3-4,7H2,1-2H3. The van der Waals surface area contributed by atoms with Crippen molar-refractivity contribution in [2.45, 2.75) is 26.7 Å². The van der Waals surface area contributed by atoms with Gasteiger partial charge in [0.15, 0.2) is 5.78 Å². The van der Waals surface area contributed by atoms with Crippen LogP contribution in [0.2, 0.25) is 0 Å². The Morgan fingerprint density at radius 1 is 1.38 bits per heavy atom. The maximum atomic E-state index is 12.1. The van der Waals surface area contributed by atoms with Gasteiger partial charge in [-0.1, -0.05) is 0 Å². The molecule has 3 heteroatoms. The second-order valence-corrected chi connectivity index (χ2v) is 4.03. The summed E-state index contributed by atoms with van der Waals surface area (Å²) in [6, 6.07) is 3.71. The van der Waals surface area contributed by atoms with Crippen LogP contribution >= 0.6 is 0 Å². The van der Waals surface area contributed by atoms with Crippen LogP contribution in [-0.4, -0.2) is 17.4 Å². The van der Waals surface area contributed by atoms with E-state index in [0.29, 0.717) is 12.2 Å². The van der Waals surface area contributed by atoms with Gasteiger partial charge in [-0.3, -0.25) is 9.78 Å². The summed E-state index contributed by atoms with van der Waals surface area (Å²) < 4.78 is 5.19. The Balaban J connectivity index is 2.30. The van der Waals surface area contributed by atoms with E-state index in [9.17, 15) is 4.79 Å². The molecule has 1 aliphatic rings. The number of nitrogens with zero attached hydrogens (tertiary/aromatic N) is 1. The molecule has 0 atom stereocenters. The number of hydrogen-bond acceptors (Lipinski definition) is 3. The molecule has 1 aromatic heterocycles. The number of carbonyl (C=O) groups excluding carboxylic acids is 1. The summed E-state index contributed by atoms with van der Waals surface area (Å²) >= 11 is 0. The molecule has 0 aromatic carbocycles. The largest absolute Gasteiger partial charge is 0.501 e. The highest BCUT2D eigenvalue weighted by Gasteiger charge is 2.17. The van der Waals surface area contributed by atoms with Gasteiger partial charge in [0.25, 0.3) is 0 Å². The van der Waals surface area contributed by atoms with Crippen LogP contribution in [0.25, 0.3) is 0 Å². The van der Waals surface area contributed by atoms with E-state index in [1.54, 1.807) is 6.26 Å². The fourth-order valence-corrected chi connectivity index (χ4v) is 1.83. The SMILES string of the molecule is Cc1ccc(C(=O)C2=COCCC2)c(C)n1. The van der Waals surface area contributed by atoms with Gasteiger partial charge in [0, 0.05) is 22.5 Å². The Labute approximate surface area is 95.2 Å². The topological polar surface area (TPSA) is 39.2 Å². The maximum Gasteiger partial charge on any atom is 0.193 e. The second-order valence-electron chi connectivity index (χ2n) is 4.03. The first-order valence-corrected chi connectivity index (χ1v) is 5.48. The fourth-order valence-electron chi connectivity index (χ4n) is 1.83. The summed E-state index contributed by atoms with van der Waals surface area (Å²) in [5, 5.41) is 0. The van der Waals surface area contributed by atoms with E-state index in [4.69, 9.17) is 4.74 Å². The minimum Gasteiger partial charge on any atom is -0.501 e. The van der Waals surface area contributed by atoms with Gasteiger partial charge in [-0.2, -0.15) is 0 Å². The van der Waals surface area contributed by atoms with Gasteiger partial charge in [-0.15, -0.1) is 0 Å². The Morgan fingerprint density at radius 2 is 2.19 bits per heavy atom. The number of ether oxygens (including phenoxy) is 1. The summed E-state index contributed by atoms with van der Waals surface area (Å²) in [6.07, 6.45) is 3.30. The molecular formula is C13H15NO2. The van der Waals surface area contributed by atoms with Gasteiger partial charge < -0.3 is 4.74 Å². The van der Waals surface area contributed by atoms with Gasteiger partial charge in [-0.25, -0.2) is 0 Å². The van der Waals surface area contributed by atoms with Gasteiger partial charge in [0.2, 0.25) is 0 Å². The average molecular weight is 217 g/mol. The zero-order valence-corrected chi connectivity index (χ0v) is 9.62. The number of aromatic nitrogens is 1. The van der Waals surface area contributed by atoms with Crippen molar-refractivity contribution in [1.29, 1.82) is 0 Å². The number of rotatable bonds is 2. The Bertz CT molecular complexity index is 449. The maximum absolute atomic E-state index is 12.1. The molecule has 0 amide bonds. The van der Waals surface area contributed by atoms with Crippen molar-refractivity contribution in [3.05, 3.63) is 40.9 Å². The smallest absolute Gasteiger partial charge is 0.193 e. The molecular weight excluding hydrogens is 202 g/mol. The van der Waals surface area contributed by atoms with E-state index >= 15 is 0 Å². The molecule has 1 aromatic rings. The van der Waals surface area contributed by atoms with Crippen LogP contribution in [0.15, 0.2) is 24.0 Å². The van der Waals surface area contributed by atoms with Gasteiger partial charge in [0.1, 0.15) is 0 Å². The molecule has 1 aliphatic heterocycles. The molecule has 0 spiro atoms. The first kappa shape index (κ1) is 10.9. The molecule has 0 fully saturated rings. The number of Topliss-reactive ketones (excluding diaryl/α,β-unsaturated/α-hetero) is 1. The molecule has 0 saturated heterocycles. The van der Waals surface area contributed by atoms with E-state index in [2.05, 4.69) is 4.98 Å². The minimum absolute atomic E-state index is 0.0460. The third-order valence-electron chi connectivity index (χ3n) is 2.70. The van der Waals surface area contributed by atoms with Crippen molar-refractivity contribution in [2.75, 3.05) is 6.61 Å². The molecule has 0 saturated carbocycles. The van der Waals surface area contributed by atoms with Gasteiger partial charge >= 0.3 is 0 Å². The fraction of sp³-hybridized carbons (Fsp3) is 0.385. The van der Waals surface area contributed by atoms with Crippen molar-refractivity contribution in [2.24, 2.45) is 0 Å². The van der Waals surface area contributed by atoms with Crippen molar-refractivity contribution in [3.8, 4) is 0 Å². The summed E-state index contributed by atoms with van der Waals surface area (Å²) in [5.74, 6) is 0.0460. The molecule has 2 heterocycles. The lowest BCUT2D eigenvalue weighted by Crippen LogP contribution is -2.11. The summed E-state index contributed by atoms with van der Waals surface area (Å²) in [4.78, 5) is 16.4. The Hall–Kier alpha value is -1.64. The zero-order valence-electron chi connectivity index (χ0n) is 9.62. The predicted octanol–water partition coefficient (Wildman–Crippen LogP) is 2.58. The first-order chi connectivity index (χ1) is 7.68. The second kappa shape index (κ2) is 4.47.